The van der Waals surface area contributed by atoms with Crippen molar-refractivity contribution in [3.8, 4) is 0 Å². The average molecular weight is 1300 g/mol. The fourth-order valence-electron chi connectivity index (χ4n) is 11.2. The number of hydrogen-bond acceptors (Lipinski definition) is 13. The number of nitrogens with one attached hydrogen (secondary N) is 1. The van der Waals surface area contributed by atoms with Gasteiger partial charge in [-0.15, -0.1) is 0 Å². The van der Waals surface area contributed by atoms with Crippen LogP contribution in [-0.4, -0.2) is 140 Å². The molecule has 0 aromatic heterocycles. The van der Waals surface area contributed by atoms with Crippen molar-refractivity contribution in [2.75, 3.05) is 19.8 Å². The minimum atomic E-state index is -1.80. The summed E-state index contributed by atoms with van der Waals surface area (Å²) in [7, 11) is 0. The van der Waals surface area contributed by atoms with Crippen LogP contribution in [0.4, 0.5) is 0 Å². The van der Waals surface area contributed by atoms with Gasteiger partial charge in [0.1, 0.15) is 48.8 Å². The first-order chi connectivity index (χ1) is 45.6. The van der Waals surface area contributed by atoms with Gasteiger partial charge in [0, 0.05) is 6.42 Å². The predicted octanol–water partition coefficient (Wildman–Crippen LogP) is 15.8. The van der Waals surface area contributed by atoms with Gasteiger partial charge < -0.3 is 65.1 Å². The molecular weight excluding hydrogens is 1170 g/mol. The first-order valence-corrected chi connectivity index (χ1v) is 36.9. The summed E-state index contributed by atoms with van der Waals surface area (Å²) in [5, 5.41) is 87.4. The lowest BCUT2D eigenvalue weighted by Crippen LogP contribution is -2.65. The van der Waals surface area contributed by atoms with Crippen LogP contribution in [0.25, 0.3) is 0 Å². The van der Waals surface area contributed by atoms with Gasteiger partial charge in [-0.05, 0) is 103 Å². The maximum atomic E-state index is 13.3. The average Bonchev–Trinajstić information content (AvgIpc) is 0.958. The molecule has 0 bridgehead atoms. The first-order valence-electron chi connectivity index (χ1n) is 36.9. The highest BCUT2D eigenvalue weighted by Gasteiger charge is 2.51. The maximum Gasteiger partial charge on any atom is 0.220 e. The summed E-state index contributed by atoms with van der Waals surface area (Å²) in [6.07, 6.45) is 75.1. The highest BCUT2D eigenvalue weighted by Crippen LogP contribution is 2.30. The highest BCUT2D eigenvalue weighted by atomic mass is 16.7. The molecule has 2 saturated heterocycles. The number of carbonyl (C=O) groups is 1. The van der Waals surface area contributed by atoms with Crippen LogP contribution in [0, 0.1) is 0 Å². The quantitative estimate of drug-likeness (QED) is 0.0204. The van der Waals surface area contributed by atoms with Gasteiger partial charge in [-0.3, -0.25) is 4.79 Å². The molecule has 0 spiro atoms. The van der Waals surface area contributed by atoms with Crippen molar-refractivity contribution in [2.24, 2.45) is 0 Å². The van der Waals surface area contributed by atoms with E-state index in [0.717, 1.165) is 96.3 Å². The van der Waals surface area contributed by atoms with Crippen LogP contribution >= 0.6 is 0 Å². The number of allylic oxidation sites excluding steroid dienone is 21. The summed E-state index contributed by atoms with van der Waals surface area (Å²) in [4.78, 5) is 13.3. The summed E-state index contributed by atoms with van der Waals surface area (Å²) in [5.74, 6) is -0.254. The summed E-state index contributed by atoms with van der Waals surface area (Å²) in [5.41, 5.74) is 0. The van der Waals surface area contributed by atoms with Crippen LogP contribution < -0.4 is 5.32 Å². The zero-order valence-corrected chi connectivity index (χ0v) is 57.9. The van der Waals surface area contributed by atoms with Crippen molar-refractivity contribution in [3.63, 3.8) is 0 Å². The van der Waals surface area contributed by atoms with Crippen molar-refractivity contribution in [2.45, 2.75) is 338 Å². The molecule has 0 saturated carbocycles. The molecule has 0 aromatic carbocycles. The minimum absolute atomic E-state index is 0.254. The van der Waals surface area contributed by atoms with Crippen molar-refractivity contribution in [3.05, 3.63) is 134 Å². The normalized spacial score (nSPS) is 23.4. The molecule has 93 heavy (non-hydrogen) atoms. The lowest BCUT2D eigenvalue weighted by molar-refractivity contribution is -0.359. The smallest absolute Gasteiger partial charge is 0.220 e. The summed E-state index contributed by atoms with van der Waals surface area (Å²) in [6.45, 7) is 2.67. The topological polar surface area (TPSA) is 228 Å². The van der Waals surface area contributed by atoms with E-state index in [9.17, 15) is 45.6 Å². The first kappa shape index (κ1) is 85.2. The zero-order valence-electron chi connectivity index (χ0n) is 57.9. The van der Waals surface area contributed by atoms with E-state index in [2.05, 4.69) is 141 Å². The van der Waals surface area contributed by atoms with E-state index in [-0.39, 0.29) is 18.9 Å². The SMILES string of the molecule is CC/C=C\C/C=C\C/C=C\C/C=C\C/C=C\C/C=C\C/C=C\C/C=C\C/C=C\CCCCCCCCCCCCCCCC(=O)NC(COC1OC(CO)C(OC2OC(CO)C(O)C(O)C2O)C(O)C1O)C(O)/C=C/CC/C=C/CCCCCCCCCCCCCC. The number of ether oxygens (including phenoxy) is 4. The van der Waals surface area contributed by atoms with Gasteiger partial charge in [-0.25, -0.2) is 0 Å². The van der Waals surface area contributed by atoms with E-state index in [1.54, 1.807) is 6.08 Å². The number of aliphatic hydroxyl groups excluding tert-OH is 8. The lowest BCUT2D eigenvalue weighted by Gasteiger charge is -2.46. The molecule has 2 rings (SSSR count). The molecule has 14 heteroatoms. The van der Waals surface area contributed by atoms with Crippen molar-refractivity contribution in [1.82, 2.24) is 5.32 Å². The van der Waals surface area contributed by atoms with Gasteiger partial charge >= 0.3 is 0 Å². The highest BCUT2D eigenvalue weighted by molar-refractivity contribution is 5.76. The zero-order chi connectivity index (χ0) is 67.3. The van der Waals surface area contributed by atoms with Gasteiger partial charge in [0.2, 0.25) is 5.91 Å². The third-order valence-electron chi connectivity index (χ3n) is 17.1. The monoisotopic (exact) mass is 1300 g/mol. The van der Waals surface area contributed by atoms with Gasteiger partial charge in [-0.1, -0.05) is 289 Å². The maximum absolute atomic E-state index is 13.3. The van der Waals surface area contributed by atoms with Crippen molar-refractivity contribution in [1.29, 1.82) is 0 Å². The molecule has 2 heterocycles. The molecule has 0 aromatic rings. The Kier molecular flexibility index (Phi) is 56.5. The van der Waals surface area contributed by atoms with Crippen LogP contribution in [0.5, 0.6) is 0 Å². The van der Waals surface area contributed by atoms with E-state index >= 15 is 0 Å². The van der Waals surface area contributed by atoms with Crippen LogP contribution in [0.1, 0.15) is 264 Å². The molecule has 0 radical (unpaired) electrons. The summed E-state index contributed by atoms with van der Waals surface area (Å²) >= 11 is 0. The molecule has 1 amide bonds. The van der Waals surface area contributed by atoms with E-state index in [1.165, 1.54) is 135 Å². The Balaban J connectivity index is 1.62. The van der Waals surface area contributed by atoms with Crippen LogP contribution in [0.2, 0.25) is 0 Å². The number of amides is 1. The lowest BCUT2D eigenvalue weighted by atomic mass is 9.97. The predicted molar refractivity (Wildman–Crippen MR) is 382 cm³/mol. The Labute approximate surface area is 564 Å². The van der Waals surface area contributed by atoms with Crippen LogP contribution in [-0.2, 0) is 23.7 Å². The number of hydrogen-bond donors (Lipinski definition) is 9. The standard InChI is InChI=1S/C79H133NO13/c1-3-5-7-9-11-13-15-17-19-21-23-24-25-26-27-28-29-30-31-32-33-34-35-36-37-38-39-40-41-42-43-44-45-47-49-51-53-55-57-59-61-63-71(84)80-67(68(83)62-60-58-56-54-52-50-48-46-22-20-18-16-14-12-10-8-6-4-2)66-90-78-76(89)74(87)77(70(65-82)92-78)93-79-75(88)73(86)72(85)69(64-81)91-79/h5,7,11,13,17,19,23-24,26-27,29-30,32-33,35-36,38-39,52,54,60,62,67-70,72-79,81-83,85-89H,3-4,6,8-10,12,14-16,18,20-22,25,28,31,34,37,40-51,53,55-59,61,63-66H2,1-2H3,(H,80,84)/b7-5-,13-11-,19-17-,24-23-,27-26-,30-29-,33-32-,36-35-,39-38-,54-52+,62-60+. The van der Waals surface area contributed by atoms with E-state index in [0.29, 0.717) is 12.8 Å². The third kappa shape index (κ3) is 45.3. The Morgan fingerprint density at radius 3 is 1.18 bits per heavy atom. The third-order valence-corrected chi connectivity index (χ3v) is 17.1. The van der Waals surface area contributed by atoms with E-state index in [4.69, 9.17) is 18.9 Å². The Morgan fingerprint density at radius 1 is 0.398 bits per heavy atom. The molecule has 14 nitrogen and oxygen atoms in total. The van der Waals surface area contributed by atoms with Crippen LogP contribution in [0.15, 0.2) is 134 Å². The van der Waals surface area contributed by atoms with E-state index in [1.807, 2.05) is 6.08 Å². The molecule has 2 aliphatic rings. The second kappa shape index (κ2) is 61.7. The van der Waals surface area contributed by atoms with Crippen molar-refractivity contribution < 1.29 is 64.6 Å². The molecule has 2 fully saturated rings. The Bertz CT molecular complexity index is 2070. The van der Waals surface area contributed by atoms with Gasteiger partial charge in [-0.2, -0.15) is 0 Å². The number of unbranched alkanes of at least 4 members (excludes halogenated alkanes) is 26. The summed E-state index contributed by atoms with van der Waals surface area (Å²) < 4.78 is 22.8. The minimum Gasteiger partial charge on any atom is -0.394 e. The molecule has 532 valence electrons. The molecule has 12 unspecified atom stereocenters. The van der Waals surface area contributed by atoms with Gasteiger partial charge in [0.25, 0.3) is 0 Å². The largest absolute Gasteiger partial charge is 0.394 e. The second-order valence-corrected chi connectivity index (χ2v) is 25.3. The molecule has 12 atom stereocenters. The number of rotatable bonds is 59. The fraction of sp³-hybridized carbons (Fsp3) is 0.709. The summed E-state index contributed by atoms with van der Waals surface area (Å²) in [6, 6.07) is -0.941. The van der Waals surface area contributed by atoms with E-state index < -0.39 is 86.8 Å². The van der Waals surface area contributed by atoms with Crippen molar-refractivity contribution >= 4 is 5.91 Å². The fourth-order valence-corrected chi connectivity index (χ4v) is 11.2. The van der Waals surface area contributed by atoms with Gasteiger partial charge in [0.05, 0.1) is 32.0 Å². The molecule has 9 N–H and O–H groups in total. The second-order valence-electron chi connectivity index (χ2n) is 25.3. The Hall–Kier alpha value is -3.87. The molecule has 0 aliphatic carbocycles. The number of carbonyl (C=O) groups excluding carboxylic acids is 1. The Morgan fingerprint density at radius 2 is 0.753 bits per heavy atom. The van der Waals surface area contributed by atoms with Crippen LogP contribution in [0.3, 0.4) is 0 Å². The molecule has 2 aliphatic heterocycles. The molecular formula is C79H133NO13. The number of aliphatic hydroxyl groups is 8. The van der Waals surface area contributed by atoms with Gasteiger partial charge in [0.15, 0.2) is 12.6 Å².